The van der Waals surface area contributed by atoms with Gasteiger partial charge in [0, 0.05) is 29.2 Å². The van der Waals surface area contributed by atoms with E-state index in [0.717, 1.165) is 17.0 Å². The highest BCUT2D eigenvalue weighted by atomic mass is 35.5. The monoisotopic (exact) mass is 302 g/mol. The van der Waals surface area contributed by atoms with E-state index >= 15 is 0 Å². The highest BCUT2D eigenvalue weighted by Gasteiger charge is 2.04. The predicted molar refractivity (Wildman–Crippen MR) is 86.2 cm³/mol. The van der Waals surface area contributed by atoms with Gasteiger partial charge in [-0.15, -0.1) is 12.4 Å². The lowest BCUT2D eigenvalue weighted by molar-refractivity contribution is 0.483. The van der Waals surface area contributed by atoms with Gasteiger partial charge >= 0.3 is 0 Å². The van der Waals surface area contributed by atoms with Gasteiger partial charge in [0.1, 0.15) is 11.5 Å². The minimum Gasteiger partial charge on any atom is -0.457 e. The van der Waals surface area contributed by atoms with Gasteiger partial charge in [-0.3, -0.25) is 4.79 Å². The summed E-state index contributed by atoms with van der Waals surface area (Å²) in [6.07, 6.45) is 0. The first-order chi connectivity index (χ1) is 9.76. The Labute approximate surface area is 128 Å². The van der Waals surface area contributed by atoms with Crippen molar-refractivity contribution in [2.24, 2.45) is 5.73 Å². The van der Waals surface area contributed by atoms with Crippen molar-refractivity contribution >= 4 is 23.3 Å². The lowest BCUT2D eigenvalue weighted by atomic mass is 10.2. The van der Waals surface area contributed by atoms with E-state index in [1.54, 1.807) is 6.07 Å². The van der Waals surface area contributed by atoms with Crippen LogP contribution >= 0.6 is 12.4 Å². The van der Waals surface area contributed by atoms with Gasteiger partial charge in [-0.2, -0.15) is 0 Å². The molecule has 0 saturated carbocycles. The van der Waals surface area contributed by atoms with E-state index in [9.17, 15) is 4.79 Å². The van der Waals surface area contributed by atoms with Crippen LogP contribution in [0.15, 0.2) is 59.4 Å². The Bertz CT molecular complexity index is 800. The SMILES string of the molecule is Cl.NCc1cc(=O)c2cc(Oc3ccccc3)ccc2[nH]1. The zero-order valence-corrected chi connectivity index (χ0v) is 12.0. The summed E-state index contributed by atoms with van der Waals surface area (Å²) in [6.45, 7) is 0.313. The van der Waals surface area contributed by atoms with Crippen molar-refractivity contribution in [3.63, 3.8) is 0 Å². The number of hydrogen-bond donors (Lipinski definition) is 2. The molecule has 0 aliphatic heterocycles. The molecule has 0 amide bonds. The summed E-state index contributed by atoms with van der Waals surface area (Å²) < 4.78 is 5.72. The van der Waals surface area contributed by atoms with Gasteiger partial charge in [0.15, 0.2) is 5.43 Å². The number of pyridine rings is 1. The molecule has 1 heterocycles. The number of aromatic amines is 1. The Morgan fingerprint density at radius 2 is 1.76 bits per heavy atom. The molecular formula is C16H15ClN2O2. The Balaban J connectivity index is 0.00000161. The lowest BCUT2D eigenvalue weighted by Gasteiger charge is -2.07. The molecule has 1 aromatic heterocycles. The van der Waals surface area contributed by atoms with Crippen molar-refractivity contribution in [2.75, 3.05) is 0 Å². The molecule has 0 aliphatic rings. The number of nitrogens with one attached hydrogen (secondary N) is 1. The molecule has 3 rings (SSSR count). The topological polar surface area (TPSA) is 68.1 Å². The number of aromatic nitrogens is 1. The van der Waals surface area contributed by atoms with Crippen molar-refractivity contribution < 1.29 is 4.74 Å². The third kappa shape index (κ3) is 3.24. The highest BCUT2D eigenvalue weighted by molar-refractivity contribution is 5.85. The Morgan fingerprint density at radius 1 is 1.00 bits per heavy atom. The number of fused-ring (bicyclic) bond motifs is 1. The van der Waals surface area contributed by atoms with E-state index in [2.05, 4.69) is 4.98 Å². The van der Waals surface area contributed by atoms with Crippen LogP contribution in [0.4, 0.5) is 0 Å². The van der Waals surface area contributed by atoms with E-state index in [0.29, 0.717) is 17.7 Å². The Morgan fingerprint density at radius 3 is 2.48 bits per heavy atom. The zero-order valence-electron chi connectivity index (χ0n) is 11.2. The fourth-order valence-electron chi connectivity index (χ4n) is 2.08. The molecule has 0 saturated heterocycles. The smallest absolute Gasteiger partial charge is 0.189 e. The van der Waals surface area contributed by atoms with Crippen LogP contribution in [0.3, 0.4) is 0 Å². The van der Waals surface area contributed by atoms with E-state index in [1.165, 1.54) is 6.07 Å². The molecule has 21 heavy (non-hydrogen) atoms. The van der Waals surface area contributed by atoms with Crippen LogP contribution < -0.4 is 15.9 Å². The van der Waals surface area contributed by atoms with Crippen LogP contribution in [0.25, 0.3) is 10.9 Å². The van der Waals surface area contributed by atoms with E-state index in [1.807, 2.05) is 42.5 Å². The number of halogens is 1. The average Bonchev–Trinajstić information content (AvgIpc) is 2.48. The van der Waals surface area contributed by atoms with Crippen molar-refractivity contribution in [1.82, 2.24) is 4.98 Å². The molecule has 3 aromatic rings. The maximum absolute atomic E-state index is 12.0. The first-order valence-corrected chi connectivity index (χ1v) is 6.35. The van der Waals surface area contributed by atoms with Crippen molar-refractivity contribution in [3.05, 3.63) is 70.5 Å². The van der Waals surface area contributed by atoms with Crippen molar-refractivity contribution in [1.29, 1.82) is 0 Å². The summed E-state index contributed by atoms with van der Waals surface area (Å²) in [4.78, 5) is 15.2. The summed E-state index contributed by atoms with van der Waals surface area (Å²) in [6, 6.07) is 16.4. The van der Waals surface area contributed by atoms with E-state index < -0.39 is 0 Å². The normalized spacial score (nSPS) is 10.1. The quantitative estimate of drug-likeness (QED) is 0.780. The largest absolute Gasteiger partial charge is 0.457 e. The molecule has 0 spiro atoms. The van der Waals surface area contributed by atoms with Crippen molar-refractivity contribution in [2.45, 2.75) is 6.54 Å². The number of benzene rings is 2. The molecule has 0 unspecified atom stereocenters. The summed E-state index contributed by atoms with van der Waals surface area (Å²) in [5, 5.41) is 0.593. The fourth-order valence-corrected chi connectivity index (χ4v) is 2.08. The molecule has 3 N–H and O–H groups in total. The van der Waals surface area contributed by atoms with Crippen LogP contribution in [-0.4, -0.2) is 4.98 Å². The third-order valence-electron chi connectivity index (χ3n) is 3.06. The number of rotatable bonds is 3. The van der Waals surface area contributed by atoms with Crippen molar-refractivity contribution in [3.8, 4) is 11.5 Å². The standard InChI is InChI=1S/C16H14N2O2.ClH/c17-10-11-8-16(19)14-9-13(6-7-15(14)18-11)20-12-4-2-1-3-5-12;/h1-9H,10,17H2,(H,18,19);1H. The Hall–Kier alpha value is -2.30. The molecule has 0 atom stereocenters. The minimum atomic E-state index is -0.0577. The zero-order chi connectivity index (χ0) is 13.9. The summed E-state index contributed by atoms with van der Waals surface area (Å²) in [5.41, 5.74) is 6.97. The number of H-pyrrole nitrogens is 1. The maximum Gasteiger partial charge on any atom is 0.189 e. The average molecular weight is 303 g/mol. The van der Waals surface area contributed by atoms with Crippen LogP contribution in [0.2, 0.25) is 0 Å². The van der Waals surface area contributed by atoms with Crippen LogP contribution in [0.1, 0.15) is 5.69 Å². The van der Waals surface area contributed by atoms with Gasteiger partial charge in [0.2, 0.25) is 0 Å². The molecule has 5 heteroatoms. The molecule has 4 nitrogen and oxygen atoms in total. The molecule has 0 fully saturated rings. The van der Waals surface area contributed by atoms with Gasteiger partial charge in [0.05, 0.1) is 0 Å². The molecule has 0 radical (unpaired) electrons. The van der Waals surface area contributed by atoms with Gasteiger partial charge in [-0.05, 0) is 30.3 Å². The lowest BCUT2D eigenvalue weighted by Crippen LogP contribution is -2.08. The Kier molecular flexibility index (Phi) is 4.62. The molecule has 108 valence electrons. The van der Waals surface area contributed by atoms with Gasteiger partial charge in [-0.25, -0.2) is 0 Å². The van der Waals surface area contributed by atoms with Gasteiger partial charge in [0.25, 0.3) is 0 Å². The van der Waals surface area contributed by atoms with Crippen LogP contribution in [0, 0.1) is 0 Å². The number of nitrogens with two attached hydrogens (primary N) is 1. The predicted octanol–water partition coefficient (Wildman–Crippen LogP) is 3.20. The van der Waals surface area contributed by atoms with Gasteiger partial charge in [-0.1, -0.05) is 18.2 Å². The first kappa shape index (κ1) is 15.1. The van der Waals surface area contributed by atoms with Gasteiger partial charge < -0.3 is 15.5 Å². The summed E-state index contributed by atoms with van der Waals surface area (Å²) in [5.74, 6) is 1.37. The highest BCUT2D eigenvalue weighted by Crippen LogP contribution is 2.23. The fraction of sp³-hybridized carbons (Fsp3) is 0.0625. The molecule has 0 aliphatic carbocycles. The second-order valence-electron chi connectivity index (χ2n) is 4.49. The van der Waals surface area contributed by atoms with Crippen LogP contribution in [-0.2, 0) is 6.54 Å². The summed E-state index contributed by atoms with van der Waals surface area (Å²) >= 11 is 0. The molecular weight excluding hydrogens is 288 g/mol. The van der Waals surface area contributed by atoms with E-state index in [-0.39, 0.29) is 17.8 Å². The van der Waals surface area contributed by atoms with E-state index in [4.69, 9.17) is 10.5 Å². The number of hydrogen-bond acceptors (Lipinski definition) is 3. The second-order valence-corrected chi connectivity index (χ2v) is 4.49. The summed E-state index contributed by atoms with van der Waals surface area (Å²) in [7, 11) is 0. The minimum absolute atomic E-state index is 0. The first-order valence-electron chi connectivity index (χ1n) is 6.35. The molecule has 2 aromatic carbocycles. The number of para-hydroxylation sites is 1. The van der Waals surface area contributed by atoms with Crippen LogP contribution in [0.5, 0.6) is 11.5 Å². The second kappa shape index (κ2) is 6.43. The molecule has 0 bridgehead atoms. The number of ether oxygens (including phenoxy) is 1. The maximum atomic E-state index is 12.0. The third-order valence-corrected chi connectivity index (χ3v) is 3.06.